The molecule has 1 fully saturated rings. The standard InChI is InChI=1S/C15H25N3O4S/c1-10(13(19)16-11-7-5-6-8-11)23(20,21)9-12-17-14(22-18-12)15(2,3)4/h10-11H,5-9H2,1-4H3,(H,16,19). The molecule has 0 spiro atoms. The minimum atomic E-state index is -3.68. The fourth-order valence-electron chi connectivity index (χ4n) is 2.47. The molecule has 1 saturated carbocycles. The zero-order valence-electron chi connectivity index (χ0n) is 14.1. The van der Waals surface area contributed by atoms with Gasteiger partial charge in [0, 0.05) is 11.5 Å². The quantitative estimate of drug-likeness (QED) is 0.873. The SMILES string of the molecule is CC(C(=O)NC1CCCC1)S(=O)(=O)Cc1noc(C(C)(C)C)n1. The molecule has 1 unspecified atom stereocenters. The molecule has 1 amide bonds. The fraction of sp³-hybridized carbons (Fsp3) is 0.800. The Morgan fingerprint density at radius 3 is 2.48 bits per heavy atom. The number of rotatable bonds is 5. The van der Waals surface area contributed by atoms with Crippen molar-refractivity contribution in [1.29, 1.82) is 0 Å². The summed E-state index contributed by atoms with van der Waals surface area (Å²) in [4.78, 5) is 16.3. The van der Waals surface area contributed by atoms with Crippen LogP contribution in [-0.2, 0) is 25.8 Å². The second-order valence-corrected chi connectivity index (χ2v) is 9.53. The molecule has 1 N–H and O–H groups in total. The van der Waals surface area contributed by atoms with Crippen molar-refractivity contribution in [3.63, 3.8) is 0 Å². The second-order valence-electron chi connectivity index (χ2n) is 7.21. The maximum atomic E-state index is 12.4. The Hall–Kier alpha value is -1.44. The molecule has 1 aromatic rings. The van der Waals surface area contributed by atoms with Gasteiger partial charge >= 0.3 is 0 Å². The molecule has 130 valence electrons. The second kappa shape index (κ2) is 6.59. The lowest BCUT2D eigenvalue weighted by Gasteiger charge is -2.16. The van der Waals surface area contributed by atoms with Crippen LogP contribution in [0.15, 0.2) is 4.52 Å². The van der Waals surface area contributed by atoms with Crippen LogP contribution in [0.4, 0.5) is 0 Å². The van der Waals surface area contributed by atoms with Gasteiger partial charge < -0.3 is 9.84 Å². The van der Waals surface area contributed by atoms with E-state index in [-0.39, 0.29) is 17.3 Å². The third-order valence-electron chi connectivity index (χ3n) is 4.05. The monoisotopic (exact) mass is 343 g/mol. The average molecular weight is 343 g/mol. The lowest BCUT2D eigenvalue weighted by molar-refractivity contribution is -0.121. The van der Waals surface area contributed by atoms with E-state index in [1.165, 1.54) is 6.92 Å². The summed E-state index contributed by atoms with van der Waals surface area (Å²) in [5.41, 5.74) is -0.347. The van der Waals surface area contributed by atoms with Crippen LogP contribution in [0.1, 0.15) is 65.1 Å². The van der Waals surface area contributed by atoms with E-state index in [9.17, 15) is 13.2 Å². The lowest BCUT2D eigenvalue weighted by atomic mass is 9.97. The van der Waals surface area contributed by atoms with Crippen LogP contribution < -0.4 is 5.32 Å². The number of nitrogens with zero attached hydrogens (tertiary/aromatic N) is 2. The van der Waals surface area contributed by atoms with Crippen LogP contribution in [-0.4, -0.2) is 35.8 Å². The molecule has 0 aliphatic heterocycles. The summed E-state index contributed by atoms with van der Waals surface area (Å²) in [7, 11) is -3.68. The summed E-state index contributed by atoms with van der Waals surface area (Å²) in [5, 5.41) is 5.41. The minimum Gasteiger partial charge on any atom is -0.352 e. The van der Waals surface area contributed by atoms with E-state index < -0.39 is 26.7 Å². The Morgan fingerprint density at radius 2 is 1.96 bits per heavy atom. The predicted molar refractivity (Wildman–Crippen MR) is 85.5 cm³/mol. The molecule has 0 aromatic carbocycles. The van der Waals surface area contributed by atoms with Gasteiger partial charge in [0.2, 0.25) is 11.8 Å². The highest BCUT2D eigenvalue weighted by Gasteiger charge is 2.32. The molecule has 0 radical (unpaired) electrons. The van der Waals surface area contributed by atoms with Gasteiger partial charge in [-0.3, -0.25) is 4.79 Å². The van der Waals surface area contributed by atoms with Crippen molar-refractivity contribution in [2.45, 2.75) is 75.8 Å². The van der Waals surface area contributed by atoms with Crippen LogP contribution in [0.25, 0.3) is 0 Å². The Balaban J connectivity index is 2.02. The normalized spacial score (nSPS) is 18.1. The van der Waals surface area contributed by atoms with Crippen molar-refractivity contribution in [2.24, 2.45) is 0 Å². The summed E-state index contributed by atoms with van der Waals surface area (Å²) >= 11 is 0. The number of amides is 1. The average Bonchev–Trinajstić information content (AvgIpc) is 3.08. The Labute approximate surface area is 137 Å². The van der Waals surface area contributed by atoms with Crippen LogP contribution in [0.5, 0.6) is 0 Å². The van der Waals surface area contributed by atoms with Gasteiger partial charge in [0.25, 0.3) is 0 Å². The zero-order valence-corrected chi connectivity index (χ0v) is 14.9. The van der Waals surface area contributed by atoms with Crippen LogP contribution in [0, 0.1) is 0 Å². The lowest BCUT2D eigenvalue weighted by Crippen LogP contribution is -2.42. The summed E-state index contributed by atoms with van der Waals surface area (Å²) < 4.78 is 29.9. The van der Waals surface area contributed by atoms with E-state index in [1.54, 1.807) is 0 Å². The van der Waals surface area contributed by atoms with Gasteiger partial charge in [-0.25, -0.2) is 8.42 Å². The largest absolute Gasteiger partial charge is 0.352 e. The summed E-state index contributed by atoms with van der Waals surface area (Å²) in [5.74, 6) is -0.371. The Kier molecular flexibility index (Phi) is 5.13. The first-order valence-corrected chi connectivity index (χ1v) is 9.66. The zero-order chi connectivity index (χ0) is 17.3. The van der Waals surface area contributed by atoms with E-state index in [1.807, 2.05) is 20.8 Å². The molecular formula is C15H25N3O4S. The third kappa shape index (κ3) is 4.53. The van der Waals surface area contributed by atoms with Crippen molar-refractivity contribution < 1.29 is 17.7 Å². The summed E-state index contributed by atoms with van der Waals surface area (Å²) in [6, 6.07) is 0.0952. The molecule has 1 aliphatic rings. The number of sulfone groups is 1. The van der Waals surface area contributed by atoms with Crippen molar-refractivity contribution in [1.82, 2.24) is 15.5 Å². The highest BCUT2D eigenvalue weighted by atomic mass is 32.2. The van der Waals surface area contributed by atoms with Crippen LogP contribution in [0.3, 0.4) is 0 Å². The van der Waals surface area contributed by atoms with Gasteiger partial charge in [-0.2, -0.15) is 4.98 Å². The predicted octanol–water partition coefficient (Wildman–Crippen LogP) is 1.73. The number of carbonyl (C=O) groups is 1. The molecule has 23 heavy (non-hydrogen) atoms. The van der Waals surface area contributed by atoms with Crippen molar-refractivity contribution >= 4 is 15.7 Å². The molecule has 1 aromatic heterocycles. The van der Waals surface area contributed by atoms with Crippen LogP contribution >= 0.6 is 0 Å². The van der Waals surface area contributed by atoms with E-state index >= 15 is 0 Å². The number of carbonyl (C=O) groups excluding carboxylic acids is 1. The summed E-state index contributed by atoms with van der Waals surface area (Å²) in [6.07, 6.45) is 3.98. The molecular weight excluding hydrogens is 318 g/mol. The van der Waals surface area contributed by atoms with E-state index in [2.05, 4.69) is 15.5 Å². The van der Waals surface area contributed by atoms with Gasteiger partial charge in [0.15, 0.2) is 15.7 Å². The number of nitrogens with one attached hydrogen (secondary N) is 1. The first-order chi connectivity index (χ1) is 10.6. The molecule has 7 nitrogen and oxygen atoms in total. The van der Waals surface area contributed by atoms with Crippen molar-refractivity contribution in [2.75, 3.05) is 0 Å². The Morgan fingerprint density at radius 1 is 1.35 bits per heavy atom. The molecule has 1 atom stereocenters. The molecule has 0 bridgehead atoms. The highest BCUT2D eigenvalue weighted by Crippen LogP contribution is 2.21. The van der Waals surface area contributed by atoms with Gasteiger partial charge in [0.05, 0.1) is 0 Å². The highest BCUT2D eigenvalue weighted by molar-refractivity contribution is 7.92. The number of hydrogen-bond acceptors (Lipinski definition) is 6. The van der Waals surface area contributed by atoms with Gasteiger partial charge in [-0.1, -0.05) is 38.8 Å². The van der Waals surface area contributed by atoms with Crippen molar-refractivity contribution in [3.05, 3.63) is 11.7 Å². The first kappa shape index (κ1) is 17.9. The van der Waals surface area contributed by atoms with E-state index in [4.69, 9.17) is 4.52 Å². The maximum Gasteiger partial charge on any atom is 0.238 e. The molecule has 0 saturated heterocycles. The summed E-state index contributed by atoms with van der Waals surface area (Å²) in [6.45, 7) is 7.10. The minimum absolute atomic E-state index is 0.0930. The smallest absolute Gasteiger partial charge is 0.238 e. The topological polar surface area (TPSA) is 102 Å². The number of hydrogen-bond donors (Lipinski definition) is 1. The molecule has 2 rings (SSSR count). The molecule has 8 heteroatoms. The van der Waals surface area contributed by atoms with E-state index in [0.717, 1.165) is 25.7 Å². The van der Waals surface area contributed by atoms with Crippen LogP contribution in [0.2, 0.25) is 0 Å². The maximum absolute atomic E-state index is 12.4. The molecule has 1 heterocycles. The first-order valence-electron chi connectivity index (χ1n) is 7.94. The van der Waals surface area contributed by atoms with Gasteiger partial charge in [-0.15, -0.1) is 0 Å². The Bertz CT molecular complexity index is 655. The third-order valence-corrected chi connectivity index (χ3v) is 6.00. The fourth-order valence-corrected chi connectivity index (χ4v) is 3.60. The molecule has 1 aliphatic carbocycles. The van der Waals surface area contributed by atoms with Gasteiger partial charge in [0.1, 0.15) is 11.0 Å². The van der Waals surface area contributed by atoms with Gasteiger partial charge in [-0.05, 0) is 19.8 Å². The van der Waals surface area contributed by atoms with Crippen molar-refractivity contribution in [3.8, 4) is 0 Å². The number of aromatic nitrogens is 2. The van der Waals surface area contributed by atoms with E-state index in [0.29, 0.717) is 5.89 Å².